The van der Waals surface area contributed by atoms with Crippen molar-refractivity contribution < 1.29 is 17.9 Å². The van der Waals surface area contributed by atoms with Gasteiger partial charge in [-0.25, -0.2) is 8.42 Å². The number of likely N-dealkylation sites (N-methyl/N-ethyl adjacent to an activating group) is 1. The number of rotatable bonds is 10. The van der Waals surface area contributed by atoms with Crippen LogP contribution in [0.25, 0.3) is 5.65 Å². The van der Waals surface area contributed by atoms with Gasteiger partial charge in [0.05, 0.1) is 18.1 Å². The molecule has 1 saturated heterocycles. The second-order valence-corrected chi connectivity index (χ2v) is 16.4. The van der Waals surface area contributed by atoms with Crippen LogP contribution in [0.4, 0.5) is 11.4 Å². The fourth-order valence-electron chi connectivity index (χ4n) is 7.18. The third-order valence-corrected chi connectivity index (χ3v) is 10.2. The number of nitrogens with one attached hydrogen (secondary N) is 2. The lowest BCUT2D eigenvalue weighted by atomic mass is 9.79. The number of anilines is 2. The Morgan fingerprint density at radius 3 is 2.52 bits per heavy atom. The molecule has 3 heterocycles. The topological polar surface area (TPSA) is 118 Å². The van der Waals surface area contributed by atoms with Gasteiger partial charge in [-0.1, -0.05) is 45.0 Å². The number of hydrogen-bond acceptors (Lipinski definition) is 7. The highest BCUT2D eigenvalue weighted by atomic mass is 32.2. The normalized spacial score (nSPS) is 20.3. The summed E-state index contributed by atoms with van der Waals surface area (Å²) in [6.07, 6.45) is 9.28. The summed E-state index contributed by atoms with van der Waals surface area (Å²) in [5.74, 6) is 2.44. The van der Waals surface area contributed by atoms with Crippen molar-refractivity contribution in [2.45, 2.75) is 89.1 Å². The van der Waals surface area contributed by atoms with Crippen LogP contribution in [0.15, 0.2) is 60.8 Å². The van der Waals surface area contributed by atoms with E-state index in [1.54, 1.807) is 6.07 Å². The zero-order valence-corrected chi connectivity index (χ0v) is 29.5. The van der Waals surface area contributed by atoms with Crippen molar-refractivity contribution in [3.63, 3.8) is 0 Å². The zero-order chi connectivity index (χ0) is 34.1. The number of ether oxygens (including phenoxy) is 1. The van der Waals surface area contributed by atoms with Gasteiger partial charge in [-0.15, -0.1) is 10.2 Å². The Bertz CT molecular complexity index is 1880. The largest absolute Gasteiger partial charge is 0.484 e. The summed E-state index contributed by atoms with van der Waals surface area (Å²) in [6, 6.07) is 17.9. The molecule has 10 nitrogen and oxygen atoms in total. The van der Waals surface area contributed by atoms with E-state index in [9.17, 15) is 13.2 Å². The highest BCUT2D eigenvalue weighted by Crippen LogP contribution is 2.42. The number of pyridine rings is 1. The maximum absolute atomic E-state index is 13.0. The van der Waals surface area contributed by atoms with E-state index in [1.807, 2.05) is 30.5 Å². The Morgan fingerprint density at radius 2 is 1.77 bits per heavy atom. The molecule has 48 heavy (non-hydrogen) atoms. The average Bonchev–Trinajstić information content (AvgIpc) is 3.44. The molecule has 0 saturated carbocycles. The van der Waals surface area contributed by atoms with Crippen molar-refractivity contribution in [2.75, 3.05) is 36.4 Å². The second-order valence-electron chi connectivity index (χ2n) is 14.6. The van der Waals surface area contributed by atoms with E-state index in [-0.39, 0.29) is 17.4 Å². The Labute approximate surface area is 284 Å². The van der Waals surface area contributed by atoms with Gasteiger partial charge < -0.3 is 15.0 Å². The summed E-state index contributed by atoms with van der Waals surface area (Å²) in [7, 11) is -1.29. The average molecular weight is 673 g/mol. The first-order valence-electron chi connectivity index (χ1n) is 17.0. The number of amides is 1. The van der Waals surface area contributed by atoms with Crippen LogP contribution in [0.1, 0.15) is 106 Å². The van der Waals surface area contributed by atoms with E-state index in [0.29, 0.717) is 29.6 Å². The summed E-state index contributed by atoms with van der Waals surface area (Å²) in [5, 5.41) is 12.0. The van der Waals surface area contributed by atoms with E-state index in [4.69, 9.17) is 4.74 Å². The van der Waals surface area contributed by atoms with Gasteiger partial charge in [0.1, 0.15) is 17.7 Å². The Balaban J connectivity index is 1.09. The summed E-state index contributed by atoms with van der Waals surface area (Å²) < 4.78 is 35.1. The van der Waals surface area contributed by atoms with Crippen molar-refractivity contribution >= 4 is 33.0 Å². The molecular weight excluding hydrogens is 625 g/mol. The van der Waals surface area contributed by atoms with Gasteiger partial charge >= 0.3 is 0 Å². The van der Waals surface area contributed by atoms with Crippen LogP contribution < -0.4 is 14.8 Å². The predicted molar refractivity (Wildman–Crippen MR) is 190 cm³/mol. The lowest BCUT2D eigenvalue weighted by Gasteiger charge is -2.32. The van der Waals surface area contributed by atoms with Gasteiger partial charge in [-0.05, 0) is 110 Å². The number of benzene rings is 2. The van der Waals surface area contributed by atoms with Gasteiger partial charge in [-0.2, -0.15) is 0 Å². The molecule has 1 aliphatic heterocycles. The van der Waals surface area contributed by atoms with Gasteiger partial charge in [0.25, 0.3) is 0 Å². The Morgan fingerprint density at radius 1 is 1.00 bits per heavy atom. The van der Waals surface area contributed by atoms with E-state index >= 15 is 0 Å². The number of likely N-dealkylation sites (tertiary alicyclic amines) is 1. The number of piperidine rings is 1. The third-order valence-electron chi connectivity index (χ3n) is 9.57. The fourth-order valence-corrected chi connectivity index (χ4v) is 7.72. The number of carbonyl (C=O) groups excluding carboxylic acids is 1. The number of aromatic nitrogens is 3. The standard InChI is InChI=1S/C37H48N6O4S/c1-37(2,3)27-20-28(22-29(21-27)41-48(5,45)46)38-35(44)14-8-10-25-15-17-33(32-13-7-6-12-31(25)32)47-30-16-18-34-39-40-36(43(34)24-30)26-11-9-19-42(4)23-26/h6-7,12-13,16,18,20-22,24-26,33,41H,8-11,14-15,17,19,23H2,1-5H3,(H,38,44)/t25-,26+,33+/m0/s1. The first-order valence-corrected chi connectivity index (χ1v) is 18.9. The summed E-state index contributed by atoms with van der Waals surface area (Å²) in [4.78, 5) is 15.4. The molecule has 0 radical (unpaired) electrons. The van der Waals surface area contributed by atoms with Gasteiger partial charge in [-0.3, -0.25) is 13.9 Å². The first-order chi connectivity index (χ1) is 22.8. The zero-order valence-electron chi connectivity index (χ0n) is 28.7. The minimum atomic E-state index is -3.45. The molecule has 11 heteroatoms. The molecule has 0 spiro atoms. The predicted octanol–water partition coefficient (Wildman–Crippen LogP) is 7.01. The number of nitrogens with zero attached hydrogens (tertiary/aromatic N) is 4. The Hall–Kier alpha value is -3.96. The number of sulfonamides is 1. The molecule has 1 aliphatic carbocycles. The van der Waals surface area contributed by atoms with Crippen LogP contribution in [-0.2, 0) is 20.2 Å². The van der Waals surface area contributed by atoms with Crippen molar-refractivity contribution in [3.8, 4) is 5.75 Å². The number of hydrogen-bond donors (Lipinski definition) is 2. The monoisotopic (exact) mass is 672 g/mol. The molecular formula is C37H48N6O4S. The SMILES string of the molecule is CN1CCC[C@@H](c2nnc3ccc(O[C@@H]4CC[C@H](CCCC(=O)Nc5cc(NS(C)(=O)=O)cc(C(C)(C)C)c5)c5ccccc54)cn23)C1. The van der Waals surface area contributed by atoms with Crippen LogP contribution in [0.2, 0.25) is 0 Å². The van der Waals surface area contributed by atoms with Crippen molar-refractivity contribution in [1.29, 1.82) is 0 Å². The number of carbonyl (C=O) groups is 1. The molecule has 4 aromatic rings. The summed E-state index contributed by atoms with van der Waals surface area (Å²) in [5.41, 5.74) is 5.08. The van der Waals surface area contributed by atoms with E-state index in [1.165, 1.54) is 11.1 Å². The van der Waals surface area contributed by atoms with Gasteiger partial charge in [0.2, 0.25) is 15.9 Å². The third kappa shape index (κ3) is 8.18. The molecule has 2 N–H and O–H groups in total. The highest BCUT2D eigenvalue weighted by Gasteiger charge is 2.29. The van der Waals surface area contributed by atoms with Crippen molar-refractivity contribution in [1.82, 2.24) is 19.5 Å². The minimum Gasteiger partial charge on any atom is -0.484 e. The highest BCUT2D eigenvalue weighted by molar-refractivity contribution is 7.92. The second kappa shape index (κ2) is 13.9. The lowest BCUT2D eigenvalue weighted by molar-refractivity contribution is -0.116. The van der Waals surface area contributed by atoms with Crippen LogP contribution in [0.3, 0.4) is 0 Å². The molecule has 2 aliphatic rings. The van der Waals surface area contributed by atoms with Crippen molar-refractivity contribution in [3.05, 3.63) is 83.3 Å². The fraction of sp³-hybridized carbons (Fsp3) is 0.486. The van der Waals surface area contributed by atoms with Gasteiger partial charge in [0, 0.05) is 24.6 Å². The number of fused-ring (bicyclic) bond motifs is 2. The van der Waals surface area contributed by atoms with E-state index in [0.717, 1.165) is 80.7 Å². The Kier molecular flexibility index (Phi) is 9.81. The quantitative estimate of drug-likeness (QED) is 0.186. The smallest absolute Gasteiger partial charge is 0.229 e. The molecule has 2 aromatic carbocycles. The molecule has 2 aromatic heterocycles. The maximum Gasteiger partial charge on any atom is 0.229 e. The molecule has 1 fully saturated rings. The summed E-state index contributed by atoms with van der Waals surface area (Å²) >= 11 is 0. The van der Waals surface area contributed by atoms with Gasteiger partial charge in [0.15, 0.2) is 5.65 Å². The lowest BCUT2D eigenvalue weighted by Crippen LogP contribution is -2.31. The molecule has 6 rings (SSSR count). The first kappa shape index (κ1) is 33.9. The summed E-state index contributed by atoms with van der Waals surface area (Å²) in [6.45, 7) is 8.27. The van der Waals surface area contributed by atoms with Crippen LogP contribution in [-0.4, -0.2) is 60.2 Å². The van der Waals surface area contributed by atoms with Crippen LogP contribution in [0, 0.1) is 0 Å². The van der Waals surface area contributed by atoms with Crippen LogP contribution >= 0.6 is 0 Å². The molecule has 256 valence electrons. The molecule has 0 unspecified atom stereocenters. The van der Waals surface area contributed by atoms with E-state index in [2.05, 4.69) is 81.6 Å². The van der Waals surface area contributed by atoms with E-state index < -0.39 is 10.0 Å². The van der Waals surface area contributed by atoms with Crippen LogP contribution in [0.5, 0.6) is 5.75 Å². The molecule has 1 amide bonds. The molecule has 0 bridgehead atoms. The maximum atomic E-state index is 13.0. The minimum absolute atomic E-state index is 0.0521. The van der Waals surface area contributed by atoms with Crippen molar-refractivity contribution in [2.24, 2.45) is 0 Å². The molecule has 3 atom stereocenters.